The minimum Gasteiger partial charge on any atom is -0.313 e. The molecule has 2 atom stereocenters. The quantitative estimate of drug-likeness (QED) is 0.724. The average Bonchev–Trinajstić information content (AvgIpc) is 2.97. The van der Waals surface area contributed by atoms with Gasteiger partial charge in [-0.05, 0) is 45.2 Å². The van der Waals surface area contributed by atoms with E-state index in [1.165, 1.54) is 45.1 Å². The van der Waals surface area contributed by atoms with Crippen LogP contribution in [0.4, 0.5) is 0 Å². The molecule has 0 aliphatic heterocycles. The lowest BCUT2D eigenvalue weighted by atomic mass is 10.1. The second-order valence-electron chi connectivity index (χ2n) is 5.13. The van der Waals surface area contributed by atoms with Gasteiger partial charge in [0.15, 0.2) is 0 Å². The molecule has 2 aliphatic rings. The van der Waals surface area contributed by atoms with Crippen LogP contribution in [0, 0.1) is 0 Å². The van der Waals surface area contributed by atoms with Crippen LogP contribution in [0.15, 0.2) is 0 Å². The van der Waals surface area contributed by atoms with Gasteiger partial charge in [-0.1, -0.05) is 20.3 Å². The van der Waals surface area contributed by atoms with Gasteiger partial charge in [0.1, 0.15) is 0 Å². The third-order valence-electron chi connectivity index (χ3n) is 3.87. The van der Waals surface area contributed by atoms with E-state index in [1.807, 2.05) is 0 Å². The molecule has 2 rings (SSSR count). The summed E-state index contributed by atoms with van der Waals surface area (Å²) >= 11 is 0. The topological polar surface area (TPSA) is 15.3 Å². The molecule has 2 aliphatic carbocycles. The van der Waals surface area contributed by atoms with Crippen molar-refractivity contribution in [3.05, 3.63) is 0 Å². The molecule has 0 radical (unpaired) electrons. The van der Waals surface area contributed by atoms with Crippen LogP contribution in [0.3, 0.4) is 0 Å². The molecule has 15 heavy (non-hydrogen) atoms. The predicted molar refractivity (Wildman–Crippen MR) is 65.1 cm³/mol. The SMILES string of the molecule is CCCN(C1CC1)C1CCCC1NCC. The number of rotatable bonds is 6. The van der Waals surface area contributed by atoms with Crippen molar-refractivity contribution in [2.24, 2.45) is 0 Å². The van der Waals surface area contributed by atoms with Gasteiger partial charge in [-0.3, -0.25) is 4.90 Å². The molecule has 0 aromatic rings. The van der Waals surface area contributed by atoms with E-state index < -0.39 is 0 Å². The van der Waals surface area contributed by atoms with Crippen molar-refractivity contribution in [1.82, 2.24) is 10.2 Å². The highest BCUT2D eigenvalue weighted by atomic mass is 15.2. The van der Waals surface area contributed by atoms with Crippen molar-refractivity contribution in [3.63, 3.8) is 0 Å². The zero-order valence-corrected chi connectivity index (χ0v) is 10.3. The fourth-order valence-corrected chi connectivity index (χ4v) is 3.12. The first kappa shape index (κ1) is 11.4. The fourth-order valence-electron chi connectivity index (χ4n) is 3.12. The van der Waals surface area contributed by atoms with E-state index in [-0.39, 0.29) is 0 Å². The van der Waals surface area contributed by atoms with Gasteiger partial charge in [0.05, 0.1) is 0 Å². The van der Waals surface area contributed by atoms with Crippen LogP contribution < -0.4 is 5.32 Å². The van der Waals surface area contributed by atoms with Crippen LogP contribution in [0.1, 0.15) is 52.4 Å². The van der Waals surface area contributed by atoms with E-state index in [4.69, 9.17) is 0 Å². The van der Waals surface area contributed by atoms with Crippen LogP contribution >= 0.6 is 0 Å². The molecular weight excluding hydrogens is 184 g/mol. The van der Waals surface area contributed by atoms with E-state index in [2.05, 4.69) is 24.1 Å². The van der Waals surface area contributed by atoms with Gasteiger partial charge in [0, 0.05) is 18.1 Å². The smallest absolute Gasteiger partial charge is 0.0252 e. The molecule has 2 saturated carbocycles. The van der Waals surface area contributed by atoms with Gasteiger partial charge >= 0.3 is 0 Å². The summed E-state index contributed by atoms with van der Waals surface area (Å²) in [6.45, 7) is 6.99. The number of hydrogen-bond acceptors (Lipinski definition) is 2. The van der Waals surface area contributed by atoms with E-state index in [0.717, 1.165) is 24.7 Å². The van der Waals surface area contributed by atoms with Crippen LogP contribution in [-0.2, 0) is 0 Å². The van der Waals surface area contributed by atoms with Crippen LogP contribution in [0.2, 0.25) is 0 Å². The Morgan fingerprint density at radius 1 is 1.13 bits per heavy atom. The van der Waals surface area contributed by atoms with Gasteiger partial charge in [-0.2, -0.15) is 0 Å². The first-order chi connectivity index (χ1) is 7.36. The first-order valence-electron chi connectivity index (χ1n) is 6.86. The number of likely N-dealkylation sites (N-methyl/N-ethyl adjacent to an activating group) is 1. The number of nitrogens with zero attached hydrogens (tertiary/aromatic N) is 1. The molecule has 0 saturated heterocycles. The van der Waals surface area contributed by atoms with Crippen LogP contribution in [-0.4, -0.2) is 36.1 Å². The largest absolute Gasteiger partial charge is 0.313 e. The second kappa shape index (κ2) is 5.31. The molecule has 0 aromatic heterocycles. The molecule has 2 unspecified atom stereocenters. The van der Waals surface area contributed by atoms with Crippen molar-refractivity contribution in [2.75, 3.05) is 13.1 Å². The summed E-state index contributed by atoms with van der Waals surface area (Å²) in [7, 11) is 0. The van der Waals surface area contributed by atoms with Crippen molar-refractivity contribution >= 4 is 0 Å². The molecular formula is C13H26N2. The van der Waals surface area contributed by atoms with Gasteiger partial charge in [0.25, 0.3) is 0 Å². The Labute approximate surface area is 94.4 Å². The lowest BCUT2D eigenvalue weighted by Gasteiger charge is -2.33. The number of hydrogen-bond donors (Lipinski definition) is 1. The summed E-state index contributed by atoms with van der Waals surface area (Å²) in [5, 5.41) is 3.67. The van der Waals surface area contributed by atoms with E-state index >= 15 is 0 Å². The molecule has 2 heteroatoms. The maximum atomic E-state index is 3.67. The zero-order valence-electron chi connectivity index (χ0n) is 10.3. The maximum Gasteiger partial charge on any atom is 0.0252 e. The molecule has 2 nitrogen and oxygen atoms in total. The highest BCUT2D eigenvalue weighted by Gasteiger charge is 2.38. The molecule has 1 N–H and O–H groups in total. The third kappa shape index (κ3) is 2.73. The lowest BCUT2D eigenvalue weighted by molar-refractivity contribution is 0.163. The summed E-state index contributed by atoms with van der Waals surface area (Å²) in [4.78, 5) is 2.81. The number of nitrogens with one attached hydrogen (secondary N) is 1. The van der Waals surface area contributed by atoms with Crippen molar-refractivity contribution < 1.29 is 0 Å². The van der Waals surface area contributed by atoms with Gasteiger partial charge < -0.3 is 5.32 Å². The second-order valence-corrected chi connectivity index (χ2v) is 5.13. The Morgan fingerprint density at radius 3 is 2.53 bits per heavy atom. The summed E-state index contributed by atoms with van der Waals surface area (Å²) in [5.41, 5.74) is 0. The highest BCUT2D eigenvalue weighted by Crippen LogP contribution is 2.34. The molecule has 2 fully saturated rings. The van der Waals surface area contributed by atoms with Crippen molar-refractivity contribution in [3.8, 4) is 0 Å². The molecule has 0 amide bonds. The van der Waals surface area contributed by atoms with Gasteiger partial charge in [-0.25, -0.2) is 0 Å². The van der Waals surface area contributed by atoms with Gasteiger partial charge in [-0.15, -0.1) is 0 Å². The standard InChI is InChI=1S/C13H26N2/c1-3-10-15(11-8-9-11)13-7-5-6-12(13)14-4-2/h11-14H,3-10H2,1-2H3. The van der Waals surface area contributed by atoms with E-state index in [1.54, 1.807) is 0 Å². The summed E-state index contributed by atoms with van der Waals surface area (Å²) in [6, 6.07) is 2.56. The monoisotopic (exact) mass is 210 g/mol. The zero-order chi connectivity index (χ0) is 10.7. The minimum atomic E-state index is 0.780. The Kier molecular flexibility index (Phi) is 4.04. The first-order valence-corrected chi connectivity index (χ1v) is 6.86. The Bertz CT molecular complexity index is 189. The summed E-state index contributed by atoms with van der Waals surface area (Å²) in [6.07, 6.45) is 8.46. The minimum absolute atomic E-state index is 0.780. The van der Waals surface area contributed by atoms with Crippen LogP contribution in [0.25, 0.3) is 0 Å². The Morgan fingerprint density at radius 2 is 1.93 bits per heavy atom. The molecule has 0 spiro atoms. The highest BCUT2D eigenvalue weighted by molar-refractivity contribution is 4.96. The molecule has 0 aromatic carbocycles. The third-order valence-corrected chi connectivity index (χ3v) is 3.87. The van der Waals surface area contributed by atoms with E-state index in [9.17, 15) is 0 Å². The predicted octanol–water partition coefficient (Wildman–Crippen LogP) is 2.39. The normalized spacial score (nSPS) is 31.4. The maximum absolute atomic E-state index is 3.67. The van der Waals surface area contributed by atoms with Gasteiger partial charge in [0.2, 0.25) is 0 Å². The average molecular weight is 210 g/mol. The Hall–Kier alpha value is -0.0800. The molecule has 0 bridgehead atoms. The van der Waals surface area contributed by atoms with E-state index in [0.29, 0.717) is 0 Å². The van der Waals surface area contributed by atoms with Crippen molar-refractivity contribution in [2.45, 2.75) is 70.5 Å². The lowest BCUT2D eigenvalue weighted by Crippen LogP contribution is -2.48. The Balaban J connectivity index is 1.92. The molecule has 0 heterocycles. The van der Waals surface area contributed by atoms with Crippen molar-refractivity contribution in [1.29, 1.82) is 0 Å². The fraction of sp³-hybridized carbons (Fsp3) is 1.00. The van der Waals surface area contributed by atoms with Crippen LogP contribution in [0.5, 0.6) is 0 Å². The summed E-state index contributed by atoms with van der Waals surface area (Å²) < 4.78 is 0. The molecule has 88 valence electrons. The summed E-state index contributed by atoms with van der Waals surface area (Å²) in [5.74, 6) is 0.